The average Bonchev–Trinajstić information content (AvgIpc) is 2.47. The van der Waals surface area contributed by atoms with E-state index in [9.17, 15) is 0 Å². The van der Waals surface area contributed by atoms with E-state index in [2.05, 4.69) is 48.4 Å². The van der Waals surface area contributed by atoms with Gasteiger partial charge in [0.25, 0.3) is 0 Å². The summed E-state index contributed by atoms with van der Waals surface area (Å²) in [5.74, 6) is 0.907. The molecule has 1 aromatic carbocycles. The van der Waals surface area contributed by atoms with E-state index in [4.69, 9.17) is 4.74 Å². The molecule has 0 aliphatic heterocycles. The smallest absolute Gasteiger partial charge is 0.119 e. The summed E-state index contributed by atoms with van der Waals surface area (Å²) in [5.41, 5.74) is 3.89. The van der Waals surface area contributed by atoms with Gasteiger partial charge in [-0.2, -0.15) is 0 Å². The van der Waals surface area contributed by atoms with Gasteiger partial charge >= 0.3 is 0 Å². The van der Waals surface area contributed by atoms with Crippen molar-refractivity contribution >= 4 is 0 Å². The highest BCUT2D eigenvalue weighted by Crippen LogP contribution is 2.20. The van der Waals surface area contributed by atoms with Crippen LogP contribution in [0, 0.1) is 0 Å². The van der Waals surface area contributed by atoms with Crippen LogP contribution in [0.5, 0.6) is 5.75 Å². The number of benzene rings is 1. The predicted octanol–water partition coefficient (Wildman–Crippen LogP) is 3.18. The summed E-state index contributed by atoms with van der Waals surface area (Å²) in [6, 6.07) is 10.9. The van der Waals surface area contributed by atoms with Crippen molar-refractivity contribution in [2.75, 3.05) is 7.11 Å². The quantitative estimate of drug-likeness (QED) is 0.875. The molecule has 0 fully saturated rings. The molecule has 0 atom stereocenters. The van der Waals surface area contributed by atoms with Crippen molar-refractivity contribution in [2.45, 2.75) is 32.9 Å². The fourth-order valence-electron chi connectivity index (χ4n) is 2.10. The molecule has 20 heavy (non-hydrogen) atoms. The molecular formula is C17H22N2O. The van der Waals surface area contributed by atoms with Crippen LogP contribution < -0.4 is 10.1 Å². The van der Waals surface area contributed by atoms with Gasteiger partial charge < -0.3 is 10.1 Å². The van der Waals surface area contributed by atoms with Crippen LogP contribution in [0.1, 0.15) is 30.5 Å². The lowest BCUT2D eigenvalue weighted by molar-refractivity contribution is 0.413. The average molecular weight is 270 g/mol. The molecule has 0 unspecified atom stereocenters. The number of aromatic nitrogens is 1. The molecule has 2 aromatic rings. The van der Waals surface area contributed by atoms with E-state index in [1.807, 2.05) is 18.5 Å². The van der Waals surface area contributed by atoms with Crippen LogP contribution in [-0.2, 0) is 13.0 Å². The van der Waals surface area contributed by atoms with E-state index in [0.29, 0.717) is 6.04 Å². The third kappa shape index (κ3) is 4.07. The molecule has 1 N–H and O–H groups in total. The van der Waals surface area contributed by atoms with Gasteiger partial charge in [0.2, 0.25) is 0 Å². The Labute approximate surface area is 121 Å². The highest BCUT2D eigenvalue weighted by atomic mass is 16.5. The van der Waals surface area contributed by atoms with Gasteiger partial charge in [-0.05, 0) is 47.4 Å². The molecule has 0 radical (unpaired) electrons. The van der Waals surface area contributed by atoms with Crippen molar-refractivity contribution in [3.63, 3.8) is 0 Å². The number of pyridine rings is 1. The summed E-state index contributed by atoms with van der Waals surface area (Å²) in [6.45, 7) is 5.17. The Kier molecular flexibility index (Phi) is 5.13. The topological polar surface area (TPSA) is 34.1 Å². The van der Waals surface area contributed by atoms with Crippen molar-refractivity contribution in [1.82, 2.24) is 10.3 Å². The molecule has 0 amide bonds. The summed E-state index contributed by atoms with van der Waals surface area (Å²) < 4.78 is 5.33. The van der Waals surface area contributed by atoms with Gasteiger partial charge in [-0.25, -0.2) is 0 Å². The zero-order valence-electron chi connectivity index (χ0n) is 12.4. The first-order valence-electron chi connectivity index (χ1n) is 6.97. The minimum atomic E-state index is 0.468. The van der Waals surface area contributed by atoms with E-state index in [-0.39, 0.29) is 0 Å². The van der Waals surface area contributed by atoms with Crippen LogP contribution >= 0.6 is 0 Å². The summed E-state index contributed by atoms with van der Waals surface area (Å²) in [6.07, 6.45) is 4.59. The first kappa shape index (κ1) is 14.5. The maximum absolute atomic E-state index is 5.33. The number of nitrogens with zero attached hydrogens (tertiary/aromatic N) is 1. The van der Waals surface area contributed by atoms with Gasteiger partial charge in [0, 0.05) is 25.0 Å². The second-order valence-corrected chi connectivity index (χ2v) is 5.20. The first-order valence-corrected chi connectivity index (χ1v) is 6.97. The molecule has 2 rings (SSSR count). The Morgan fingerprint density at radius 3 is 2.50 bits per heavy atom. The van der Waals surface area contributed by atoms with Crippen LogP contribution in [0.15, 0.2) is 42.7 Å². The summed E-state index contributed by atoms with van der Waals surface area (Å²) in [7, 11) is 1.71. The number of hydrogen-bond donors (Lipinski definition) is 1. The van der Waals surface area contributed by atoms with E-state index in [0.717, 1.165) is 18.7 Å². The molecule has 0 saturated heterocycles. The Balaban J connectivity index is 2.21. The predicted molar refractivity (Wildman–Crippen MR) is 82.0 cm³/mol. The van der Waals surface area contributed by atoms with Crippen LogP contribution in [0.3, 0.4) is 0 Å². The number of rotatable bonds is 6. The van der Waals surface area contributed by atoms with Crippen molar-refractivity contribution in [3.8, 4) is 5.75 Å². The van der Waals surface area contributed by atoms with Crippen molar-refractivity contribution in [1.29, 1.82) is 0 Å². The van der Waals surface area contributed by atoms with Crippen LogP contribution in [0.2, 0.25) is 0 Å². The Morgan fingerprint density at radius 2 is 1.85 bits per heavy atom. The zero-order valence-corrected chi connectivity index (χ0v) is 12.4. The van der Waals surface area contributed by atoms with E-state index < -0.39 is 0 Å². The van der Waals surface area contributed by atoms with Gasteiger partial charge in [-0.15, -0.1) is 0 Å². The molecule has 0 saturated carbocycles. The lowest BCUT2D eigenvalue weighted by Gasteiger charge is -2.14. The number of methoxy groups -OCH3 is 1. The van der Waals surface area contributed by atoms with Gasteiger partial charge in [0.05, 0.1) is 7.11 Å². The van der Waals surface area contributed by atoms with E-state index in [1.54, 1.807) is 7.11 Å². The number of ether oxygens (including phenoxy) is 1. The fraction of sp³-hybridized carbons (Fsp3) is 0.353. The van der Waals surface area contributed by atoms with E-state index >= 15 is 0 Å². The lowest BCUT2D eigenvalue weighted by Crippen LogP contribution is -2.22. The van der Waals surface area contributed by atoms with Gasteiger partial charge in [0.1, 0.15) is 5.75 Å². The molecule has 0 aliphatic rings. The number of nitrogens with one attached hydrogen (secondary N) is 1. The van der Waals surface area contributed by atoms with Crippen LogP contribution in [0.25, 0.3) is 0 Å². The molecule has 3 heteroatoms. The Bertz CT molecular complexity index is 538. The maximum Gasteiger partial charge on any atom is 0.119 e. The molecule has 106 valence electrons. The molecule has 0 bridgehead atoms. The standard InChI is InChI=1S/C17H22N2O/c1-13(2)19-12-16-11-17(20-3)5-4-15(16)10-14-6-8-18-9-7-14/h4-9,11,13,19H,10,12H2,1-3H3. The first-order chi connectivity index (χ1) is 9.69. The summed E-state index contributed by atoms with van der Waals surface area (Å²) in [4.78, 5) is 4.06. The minimum Gasteiger partial charge on any atom is -0.497 e. The molecular weight excluding hydrogens is 248 g/mol. The monoisotopic (exact) mass is 270 g/mol. The lowest BCUT2D eigenvalue weighted by atomic mass is 10.00. The zero-order chi connectivity index (χ0) is 14.4. The highest BCUT2D eigenvalue weighted by molar-refractivity contribution is 5.38. The summed E-state index contributed by atoms with van der Waals surface area (Å²) >= 11 is 0. The molecule has 0 spiro atoms. The fourth-order valence-corrected chi connectivity index (χ4v) is 2.10. The van der Waals surface area contributed by atoms with Crippen LogP contribution in [-0.4, -0.2) is 18.1 Å². The molecule has 1 heterocycles. The largest absolute Gasteiger partial charge is 0.497 e. The Hall–Kier alpha value is -1.87. The second kappa shape index (κ2) is 7.06. The summed E-state index contributed by atoms with van der Waals surface area (Å²) in [5, 5.41) is 3.47. The van der Waals surface area contributed by atoms with Gasteiger partial charge in [-0.3, -0.25) is 4.98 Å². The van der Waals surface area contributed by atoms with Crippen molar-refractivity contribution in [2.24, 2.45) is 0 Å². The second-order valence-electron chi connectivity index (χ2n) is 5.20. The third-order valence-corrected chi connectivity index (χ3v) is 3.26. The Morgan fingerprint density at radius 1 is 1.10 bits per heavy atom. The highest BCUT2D eigenvalue weighted by Gasteiger charge is 2.06. The minimum absolute atomic E-state index is 0.468. The van der Waals surface area contributed by atoms with Gasteiger partial charge in [-0.1, -0.05) is 19.9 Å². The van der Waals surface area contributed by atoms with Crippen molar-refractivity contribution < 1.29 is 4.74 Å². The van der Waals surface area contributed by atoms with Crippen LogP contribution in [0.4, 0.5) is 0 Å². The number of hydrogen-bond acceptors (Lipinski definition) is 3. The molecule has 3 nitrogen and oxygen atoms in total. The molecule has 1 aromatic heterocycles. The third-order valence-electron chi connectivity index (χ3n) is 3.26. The normalized spacial score (nSPS) is 10.8. The molecule has 0 aliphatic carbocycles. The van der Waals surface area contributed by atoms with E-state index in [1.165, 1.54) is 16.7 Å². The van der Waals surface area contributed by atoms with Gasteiger partial charge in [0.15, 0.2) is 0 Å². The van der Waals surface area contributed by atoms with Crippen molar-refractivity contribution in [3.05, 3.63) is 59.4 Å². The maximum atomic E-state index is 5.33. The SMILES string of the molecule is COc1ccc(Cc2ccncc2)c(CNC(C)C)c1.